The number of halogens is 1. The van der Waals surface area contributed by atoms with Crippen molar-refractivity contribution in [3.05, 3.63) is 64.7 Å². The van der Waals surface area contributed by atoms with Crippen molar-refractivity contribution in [3.63, 3.8) is 0 Å². The number of aliphatic carboxylic acids is 1. The molecule has 2 rings (SSSR count). The number of phenols is 1. The summed E-state index contributed by atoms with van der Waals surface area (Å²) >= 11 is 6.03. The second-order valence-electron chi connectivity index (χ2n) is 4.34. The summed E-state index contributed by atoms with van der Waals surface area (Å²) in [5.41, 5.74) is 1.40. The second-order valence-corrected chi connectivity index (χ2v) is 4.74. The van der Waals surface area contributed by atoms with Crippen LogP contribution < -0.4 is 5.32 Å². The number of hydrogen-bond donors (Lipinski definition) is 3. The third-order valence-electron chi connectivity index (χ3n) is 2.93. The van der Waals surface area contributed by atoms with E-state index >= 15 is 0 Å². The molecule has 0 fully saturated rings. The summed E-state index contributed by atoms with van der Waals surface area (Å²) in [5.74, 6) is -0.883. The van der Waals surface area contributed by atoms with Crippen molar-refractivity contribution in [1.82, 2.24) is 5.32 Å². The van der Waals surface area contributed by atoms with Gasteiger partial charge < -0.3 is 10.2 Å². The van der Waals surface area contributed by atoms with E-state index in [1.54, 1.807) is 18.2 Å². The van der Waals surface area contributed by atoms with E-state index in [2.05, 4.69) is 5.32 Å². The molecule has 0 radical (unpaired) electrons. The number of carboxylic acids is 1. The first-order chi connectivity index (χ1) is 9.58. The fourth-order valence-electron chi connectivity index (χ4n) is 1.87. The van der Waals surface area contributed by atoms with Crippen molar-refractivity contribution >= 4 is 17.6 Å². The molecule has 2 aromatic carbocycles. The molecule has 3 N–H and O–H groups in total. The molecule has 0 saturated heterocycles. The predicted octanol–water partition coefficient (Wildman–Crippen LogP) is 2.96. The minimum Gasteiger partial charge on any atom is -0.508 e. The van der Waals surface area contributed by atoms with Crippen molar-refractivity contribution in [2.45, 2.75) is 12.6 Å². The van der Waals surface area contributed by atoms with Gasteiger partial charge >= 0.3 is 5.97 Å². The first-order valence-electron chi connectivity index (χ1n) is 6.06. The predicted molar refractivity (Wildman–Crippen MR) is 76.8 cm³/mol. The van der Waals surface area contributed by atoms with Crippen LogP contribution in [-0.2, 0) is 11.3 Å². The Morgan fingerprint density at radius 2 is 1.80 bits per heavy atom. The van der Waals surface area contributed by atoms with Gasteiger partial charge in [-0.15, -0.1) is 0 Å². The van der Waals surface area contributed by atoms with Gasteiger partial charge in [-0.05, 0) is 29.3 Å². The van der Waals surface area contributed by atoms with Gasteiger partial charge in [-0.2, -0.15) is 0 Å². The van der Waals surface area contributed by atoms with Crippen LogP contribution in [0.15, 0.2) is 48.5 Å². The summed E-state index contributed by atoms with van der Waals surface area (Å²) in [4.78, 5) is 11.3. The molecule has 0 aliphatic rings. The molecular formula is C15H14ClNO3. The normalized spacial score (nSPS) is 12.1. The van der Waals surface area contributed by atoms with Crippen LogP contribution in [0.4, 0.5) is 0 Å². The zero-order chi connectivity index (χ0) is 14.5. The van der Waals surface area contributed by atoms with Crippen LogP contribution in [0.5, 0.6) is 5.75 Å². The average Bonchev–Trinajstić information content (AvgIpc) is 2.42. The third kappa shape index (κ3) is 3.50. The number of hydrogen-bond acceptors (Lipinski definition) is 3. The van der Waals surface area contributed by atoms with E-state index in [9.17, 15) is 15.0 Å². The van der Waals surface area contributed by atoms with Gasteiger partial charge in [0.1, 0.15) is 11.8 Å². The van der Waals surface area contributed by atoms with Gasteiger partial charge in [-0.25, -0.2) is 0 Å². The summed E-state index contributed by atoms with van der Waals surface area (Å²) < 4.78 is 0. The summed E-state index contributed by atoms with van der Waals surface area (Å²) in [7, 11) is 0. The van der Waals surface area contributed by atoms with Crippen molar-refractivity contribution in [2.75, 3.05) is 0 Å². The lowest BCUT2D eigenvalue weighted by molar-refractivity contribution is -0.139. The molecule has 0 heterocycles. The second kappa shape index (κ2) is 6.41. The highest BCUT2D eigenvalue weighted by atomic mass is 35.5. The molecule has 0 spiro atoms. The molecule has 2 aromatic rings. The molecule has 1 atom stereocenters. The highest BCUT2D eigenvalue weighted by molar-refractivity contribution is 6.31. The van der Waals surface area contributed by atoms with Crippen molar-refractivity contribution < 1.29 is 15.0 Å². The summed E-state index contributed by atoms with van der Waals surface area (Å²) in [6.45, 7) is 0.345. The zero-order valence-electron chi connectivity index (χ0n) is 10.6. The van der Waals surface area contributed by atoms with Gasteiger partial charge in [-0.1, -0.05) is 41.9 Å². The zero-order valence-corrected chi connectivity index (χ0v) is 11.3. The van der Waals surface area contributed by atoms with E-state index in [0.29, 0.717) is 17.1 Å². The minimum atomic E-state index is -0.984. The van der Waals surface area contributed by atoms with Crippen LogP contribution in [0, 0.1) is 0 Å². The van der Waals surface area contributed by atoms with Gasteiger partial charge in [0.25, 0.3) is 0 Å². The van der Waals surface area contributed by atoms with Crippen molar-refractivity contribution in [3.8, 4) is 5.75 Å². The Kier molecular flexibility index (Phi) is 4.61. The maximum absolute atomic E-state index is 11.3. The quantitative estimate of drug-likeness (QED) is 0.792. The Labute approximate surface area is 121 Å². The lowest BCUT2D eigenvalue weighted by Gasteiger charge is -2.15. The SMILES string of the molecule is O=C(O)C(NCc1ccccc1Cl)c1ccc(O)cc1. The third-order valence-corrected chi connectivity index (χ3v) is 3.30. The lowest BCUT2D eigenvalue weighted by atomic mass is 10.1. The number of aromatic hydroxyl groups is 1. The van der Waals surface area contributed by atoms with Gasteiger partial charge in [0.05, 0.1) is 0 Å². The first kappa shape index (κ1) is 14.4. The Hall–Kier alpha value is -2.04. The maximum atomic E-state index is 11.3. The smallest absolute Gasteiger partial charge is 0.325 e. The molecule has 4 nitrogen and oxygen atoms in total. The van der Waals surface area contributed by atoms with E-state index in [0.717, 1.165) is 5.56 Å². The minimum absolute atomic E-state index is 0.101. The fraction of sp³-hybridized carbons (Fsp3) is 0.133. The maximum Gasteiger partial charge on any atom is 0.325 e. The number of carbonyl (C=O) groups is 1. The summed E-state index contributed by atoms with van der Waals surface area (Å²) in [5, 5.41) is 22.1. The molecule has 0 amide bonds. The van der Waals surface area contributed by atoms with Crippen LogP contribution in [0.3, 0.4) is 0 Å². The highest BCUT2D eigenvalue weighted by Crippen LogP contribution is 2.19. The molecule has 0 bridgehead atoms. The average molecular weight is 292 g/mol. The molecule has 1 unspecified atom stereocenters. The van der Waals surface area contributed by atoms with Gasteiger partial charge in [-0.3, -0.25) is 10.1 Å². The van der Waals surface area contributed by atoms with E-state index in [4.69, 9.17) is 11.6 Å². The Morgan fingerprint density at radius 3 is 2.40 bits per heavy atom. The standard InChI is InChI=1S/C15H14ClNO3/c16-13-4-2-1-3-11(13)9-17-14(15(19)20)10-5-7-12(18)8-6-10/h1-8,14,17-18H,9H2,(H,19,20). The van der Waals surface area contributed by atoms with Crippen LogP contribution in [0.1, 0.15) is 17.2 Å². The summed E-state index contributed by atoms with van der Waals surface area (Å²) in [6, 6.07) is 12.5. The topological polar surface area (TPSA) is 69.6 Å². The number of nitrogens with one attached hydrogen (secondary N) is 1. The fourth-order valence-corrected chi connectivity index (χ4v) is 2.07. The number of carboxylic acid groups (broad SMARTS) is 1. The van der Waals surface area contributed by atoms with Crippen LogP contribution in [0.2, 0.25) is 5.02 Å². The Morgan fingerprint density at radius 1 is 1.15 bits per heavy atom. The van der Waals surface area contributed by atoms with Crippen LogP contribution in [-0.4, -0.2) is 16.2 Å². The van der Waals surface area contributed by atoms with E-state index in [1.165, 1.54) is 12.1 Å². The van der Waals surface area contributed by atoms with Crippen LogP contribution >= 0.6 is 11.6 Å². The molecule has 0 aliphatic heterocycles. The largest absolute Gasteiger partial charge is 0.508 e. The molecule has 0 aromatic heterocycles. The molecule has 0 saturated carbocycles. The highest BCUT2D eigenvalue weighted by Gasteiger charge is 2.19. The molecule has 104 valence electrons. The van der Waals surface area contributed by atoms with Gasteiger partial charge in [0.2, 0.25) is 0 Å². The Balaban J connectivity index is 2.13. The molecule has 5 heteroatoms. The van der Waals surface area contributed by atoms with E-state index in [-0.39, 0.29) is 5.75 Å². The lowest BCUT2D eigenvalue weighted by Crippen LogP contribution is -2.28. The first-order valence-corrected chi connectivity index (χ1v) is 6.44. The number of rotatable bonds is 5. The van der Waals surface area contributed by atoms with E-state index in [1.807, 2.05) is 18.2 Å². The summed E-state index contributed by atoms with van der Waals surface area (Å²) in [6.07, 6.45) is 0. The Bertz CT molecular complexity index is 598. The molecular weight excluding hydrogens is 278 g/mol. The van der Waals surface area contributed by atoms with E-state index < -0.39 is 12.0 Å². The molecule has 20 heavy (non-hydrogen) atoms. The number of phenolic OH excluding ortho intramolecular Hbond substituents is 1. The van der Waals surface area contributed by atoms with Gasteiger partial charge in [0, 0.05) is 11.6 Å². The van der Waals surface area contributed by atoms with Crippen LogP contribution in [0.25, 0.3) is 0 Å². The van der Waals surface area contributed by atoms with Crippen molar-refractivity contribution in [1.29, 1.82) is 0 Å². The number of benzene rings is 2. The van der Waals surface area contributed by atoms with Gasteiger partial charge in [0.15, 0.2) is 0 Å². The molecule has 0 aliphatic carbocycles. The monoisotopic (exact) mass is 291 g/mol. The van der Waals surface area contributed by atoms with Crippen molar-refractivity contribution in [2.24, 2.45) is 0 Å².